The molecular formula is Co2O6Si2. The van der Waals surface area contributed by atoms with Gasteiger partial charge < -0.3 is 28.1 Å². The summed E-state index contributed by atoms with van der Waals surface area (Å²) in [6.07, 6.45) is 0. The third-order valence-electron chi connectivity index (χ3n) is 0. The second kappa shape index (κ2) is 16.1. The van der Waals surface area contributed by atoms with E-state index in [1.807, 2.05) is 0 Å². The molecule has 2 radical (unpaired) electrons. The van der Waals surface area contributed by atoms with Crippen LogP contribution in [0.4, 0.5) is 0 Å². The van der Waals surface area contributed by atoms with Crippen LogP contribution in [0.15, 0.2) is 0 Å². The van der Waals surface area contributed by atoms with Crippen LogP contribution in [-0.2, 0) is 42.5 Å². The Morgan fingerprint density at radius 1 is 0.700 bits per heavy atom. The van der Waals surface area contributed by atoms with E-state index in [1.54, 1.807) is 0 Å². The Bertz CT molecular complexity index is 71.7. The van der Waals surface area contributed by atoms with Crippen LogP contribution >= 0.6 is 0 Å². The molecule has 62 valence electrons. The first-order valence-corrected chi connectivity index (χ1v) is 3.67. The van der Waals surface area contributed by atoms with Gasteiger partial charge in [-0.2, -0.15) is 0 Å². The number of hydrogen-bond acceptors (Lipinski definition) is 6. The third kappa shape index (κ3) is 7110. The first-order chi connectivity index (χ1) is 3.46. The zero-order valence-corrected chi connectivity index (χ0v) is 8.20. The normalized spacial score (nSPS) is 4.80. The Hall–Kier alpha value is 0.247. The van der Waals surface area contributed by atoms with Gasteiger partial charge in [0.2, 0.25) is 0 Å². The second-order valence-electron chi connectivity index (χ2n) is 0.500. The summed E-state index contributed by atoms with van der Waals surface area (Å²) in [5.74, 6) is 0. The van der Waals surface area contributed by atoms with Gasteiger partial charge in [-0.15, -0.1) is 0 Å². The van der Waals surface area contributed by atoms with Crippen LogP contribution < -0.4 is 19.2 Å². The van der Waals surface area contributed by atoms with E-state index in [4.69, 9.17) is 28.1 Å². The molecule has 0 aliphatic heterocycles. The molecule has 0 saturated heterocycles. The monoisotopic (exact) mass is 270 g/mol. The van der Waals surface area contributed by atoms with Gasteiger partial charge in [0.15, 0.2) is 0 Å². The zero-order valence-electron chi connectivity index (χ0n) is 4.12. The summed E-state index contributed by atoms with van der Waals surface area (Å²) in [6, 6.07) is 0. The predicted molar refractivity (Wildman–Crippen MR) is 12.9 cm³/mol. The molecule has 0 aliphatic carbocycles. The van der Waals surface area contributed by atoms with Gasteiger partial charge in [-0.3, -0.25) is 0 Å². The van der Waals surface area contributed by atoms with Crippen molar-refractivity contribution in [2.75, 3.05) is 0 Å². The maximum absolute atomic E-state index is 8.52. The molecular weight excluding hydrogens is 270 g/mol. The molecule has 0 amide bonds. The van der Waals surface area contributed by atoms with Gasteiger partial charge in [-0.1, -0.05) is 0 Å². The number of rotatable bonds is 0. The smallest absolute Gasteiger partial charge is 0.672 e. The van der Waals surface area contributed by atoms with Crippen molar-refractivity contribution in [2.24, 2.45) is 0 Å². The minimum atomic E-state index is -3.63. The van der Waals surface area contributed by atoms with Crippen molar-refractivity contribution in [2.45, 2.75) is 0 Å². The summed E-state index contributed by atoms with van der Waals surface area (Å²) in [5.41, 5.74) is 0. The Morgan fingerprint density at radius 2 is 0.700 bits per heavy atom. The van der Waals surface area contributed by atoms with E-state index in [-0.39, 0.29) is 33.6 Å². The van der Waals surface area contributed by atoms with E-state index in [0.29, 0.717) is 0 Å². The molecule has 10 heavy (non-hydrogen) atoms. The summed E-state index contributed by atoms with van der Waals surface area (Å²) in [6.45, 7) is 0. The van der Waals surface area contributed by atoms with Gasteiger partial charge in [0.25, 0.3) is 0 Å². The molecule has 0 aromatic carbocycles. The zero-order chi connectivity index (χ0) is 7.15. The van der Waals surface area contributed by atoms with Crippen molar-refractivity contribution in [3.8, 4) is 0 Å². The van der Waals surface area contributed by atoms with E-state index >= 15 is 0 Å². The van der Waals surface area contributed by atoms with Crippen molar-refractivity contribution in [3.05, 3.63) is 0 Å². The fourth-order valence-corrected chi connectivity index (χ4v) is 0. The summed E-state index contributed by atoms with van der Waals surface area (Å²) in [7, 11) is -7.26. The maximum Gasteiger partial charge on any atom is 2.00 e. The van der Waals surface area contributed by atoms with Crippen molar-refractivity contribution >= 4 is 18.3 Å². The van der Waals surface area contributed by atoms with Gasteiger partial charge in [-0.05, 0) is 0 Å². The van der Waals surface area contributed by atoms with E-state index in [0.717, 1.165) is 0 Å². The van der Waals surface area contributed by atoms with Crippen LogP contribution in [-0.4, -0.2) is 18.3 Å². The molecule has 0 N–H and O–H groups in total. The van der Waals surface area contributed by atoms with E-state index in [9.17, 15) is 0 Å². The molecule has 0 fully saturated rings. The molecule has 0 aliphatic rings. The summed E-state index contributed by atoms with van der Waals surface area (Å²) in [4.78, 5) is 34.1. The second-order valence-corrected chi connectivity index (χ2v) is 1.50. The third-order valence-corrected chi connectivity index (χ3v) is 0. The van der Waals surface area contributed by atoms with Crippen molar-refractivity contribution in [3.63, 3.8) is 0 Å². The van der Waals surface area contributed by atoms with Crippen molar-refractivity contribution < 1.29 is 61.7 Å². The molecule has 0 saturated carbocycles. The maximum atomic E-state index is 8.52. The first kappa shape index (κ1) is 22.5. The molecule has 0 atom stereocenters. The molecule has 0 heterocycles. The average molecular weight is 270 g/mol. The average Bonchev–Trinajstić information content (AvgIpc) is 1.25. The minimum Gasteiger partial charge on any atom is -0.672 e. The predicted octanol–water partition coefficient (Wildman–Crippen LogP) is -5.76. The molecule has 0 aromatic rings. The summed E-state index contributed by atoms with van der Waals surface area (Å²) >= 11 is 0. The Kier molecular flexibility index (Phi) is 36.2. The van der Waals surface area contributed by atoms with Gasteiger partial charge in [0.05, 0.1) is 0 Å². The van der Waals surface area contributed by atoms with Crippen LogP contribution in [0, 0.1) is 0 Å². The van der Waals surface area contributed by atoms with Gasteiger partial charge in [0.1, 0.15) is 0 Å². The van der Waals surface area contributed by atoms with Gasteiger partial charge >= 0.3 is 33.6 Å². The van der Waals surface area contributed by atoms with Crippen LogP contribution in [0.25, 0.3) is 0 Å². The fourth-order valence-electron chi connectivity index (χ4n) is 0. The molecule has 0 unspecified atom stereocenters. The number of hydrogen-bond donors (Lipinski definition) is 0. The topological polar surface area (TPSA) is 126 Å². The SMILES string of the molecule is O=[Si]([O-])[O-].O=[Si]([O-])[O-].[Co+2].[Co+2]. The fraction of sp³-hybridized carbons (Fsp3) is 0. The van der Waals surface area contributed by atoms with Crippen LogP contribution in [0.5, 0.6) is 0 Å². The van der Waals surface area contributed by atoms with Crippen LogP contribution in [0.3, 0.4) is 0 Å². The molecule has 0 rings (SSSR count). The molecule has 0 bridgehead atoms. The van der Waals surface area contributed by atoms with Crippen LogP contribution in [0.1, 0.15) is 0 Å². The van der Waals surface area contributed by atoms with Crippen molar-refractivity contribution in [1.29, 1.82) is 0 Å². The van der Waals surface area contributed by atoms with E-state index in [1.165, 1.54) is 0 Å². The Labute approximate surface area is 80.1 Å². The van der Waals surface area contributed by atoms with E-state index < -0.39 is 18.3 Å². The van der Waals surface area contributed by atoms with Gasteiger partial charge in [0, 0.05) is 18.3 Å². The van der Waals surface area contributed by atoms with Crippen LogP contribution in [0.2, 0.25) is 0 Å². The Balaban J connectivity index is -0.0000000300. The summed E-state index contributed by atoms with van der Waals surface area (Å²) in [5, 5.41) is 0. The Morgan fingerprint density at radius 3 is 0.700 bits per heavy atom. The molecule has 10 heteroatoms. The van der Waals surface area contributed by atoms with E-state index in [2.05, 4.69) is 0 Å². The molecule has 6 nitrogen and oxygen atoms in total. The molecule has 0 spiro atoms. The first-order valence-electron chi connectivity index (χ1n) is 1.22. The standard InChI is InChI=1S/2Co.2O3Si/c;;2*1-4(2)3/q2*+2;2*-2. The summed E-state index contributed by atoms with van der Waals surface area (Å²) < 4.78 is 17.0. The van der Waals surface area contributed by atoms with Crippen molar-refractivity contribution in [1.82, 2.24) is 0 Å². The minimum absolute atomic E-state index is 0. The quantitative estimate of drug-likeness (QED) is 0.403. The molecule has 0 aromatic heterocycles. The van der Waals surface area contributed by atoms with Gasteiger partial charge in [-0.25, -0.2) is 0 Å². The largest absolute Gasteiger partial charge is 2.00 e.